The molecule has 1 aromatic heterocycles. The third-order valence-electron chi connectivity index (χ3n) is 2.20. The smallest absolute Gasteiger partial charge is 0.261 e. The maximum absolute atomic E-state index is 11.8. The van der Waals surface area contributed by atoms with Crippen molar-refractivity contribution in [3.05, 3.63) is 18.0 Å². The van der Waals surface area contributed by atoms with Crippen molar-refractivity contribution in [2.45, 2.75) is 39.3 Å². The molecular formula is C10H16F2N2O. The first-order chi connectivity index (χ1) is 7.13. The van der Waals surface area contributed by atoms with Crippen molar-refractivity contribution in [3.63, 3.8) is 0 Å². The van der Waals surface area contributed by atoms with Crippen LogP contribution in [-0.4, -0.2) is 22.8 Å². The van der Waals surface area contributed by atoms with Gasteiger partial charge >= 0.3 is 0 Å². The zero-order valence-corrected chi connectivity index (χ0v) is 8.99. The Hall–Kier alpha value is -0.970. The van der Waals surface area contributed by atoms with Crippen molar-refractivity contribution in [2.75, 3.05) is 6.61 Å². The van der Waals surface area contributed by atoms with E-state index in [2.05, 4.69) is 18.9 Å². The van der Waals surface area contributed by atoms with Crippen molar-refractivity contribution in [3.8, 4) is 0 Å². The standard InChI is InChI=1S/C10H16F2N2O/c1-3-8(2)14-5-4-9(13-14)6-15-7-10(11)12/h4-5,8,10H,3,6-7H2,1-2H3/t8-/m1/s1. The van der Waals surface area contributed by atoms with Crippen LogP contribution < -0.4 is 0 Å². The van der Waals surface area contributed by atoms with Crippen LogP contribution in [0.25, 0.3) is 0 Å². The molecule has 0 radical (unpaired) electrons. The minimum Gasteiger partial charge on any atom is -0.369 e. The molecule has 0 saturated heterocycles. The molecule has 86 valence electrons. The average molecular weight is 218 g/mol. The van der Waals surface area contributed by atoms with Gasteiger partial charge in [0.15, 0.2) is 0 Å². The fraction of sp³-hybridized carbons (Fsp3) is 0.700. The number of halogens is 2. The van der Waals surface area contributed by atoms with E-state index < -0.39 is 13.0 Å². The summed E-state index contributed by atoms with van der Waals surface area (Å²) in [5, 5.41) is 4.22. The summed E-state index contributed by atoms with van der Waals surface area (Å²) >= 11 is 0. The lowest BCUT2D eigenvalue weighted by Crippen LogP contribution is -2.07. The molecule has 0 fully saturated rings. The second-order valence-corrected chi connectivity index (χ2v) is 3.45. The van der Waals surface area contributed by atoms with E-state index in [1.165, 1.54) is 0 Å². The average Bonchev–Trinajstić information content (AvgIpc) is 2.65. The lowest BCUT2D eigenvalue weighted by atomic mass is 10.3. The molecule has 0 aromatic carbocycles. The monoisotopic (exact) mass is 218 g/mol. The molecule has 1 heterocycles. The van der Waals surface area contributed by atoms with Gasteiger partial charge in [-0.1, -0.05) is 6.92 Å². The first-order valence-corrected chi connectivity index (χ1v) is 5.03. The molecule has 5 heteroatoms. The highest BCUT2D eigenvalue weighted by Crippen LogP contribution is 2.09. The Morgan fingerprint density at radius 3 is 2.87 bits per heavy atom. The van der Waals surface area contributed by atoms with Crippen molar-refractivity contribution in [1.82, 2.24) is 9.78 Å². The predicted octanol–water partition coefficient (Wildman–Crippen LogP) is 2.64. The number of rotatable bonds is 6. The van der Waals surface area contributed by atoms with Gasteiger partial charge in [-0.15, -0.1) is 0 Å². The molecule has 0 unspecified atom stereocenters. The van der Waals surface area contributed by atoms with E-state index in [4.69, 9.17) is 4.74 Å². The van der Waals surface area contributed by atoms with Gasteiger partial charge in [0, 0.05) is 12.2 Å². The number of alkyl halides is 2. The topological polar surface area (TPSA) is 27.1 Å². The van der Waals surface area contributed by atoms with Gasteiger partial charge in [-0.05, 0) is 19.4 Å². The Kier molecular flexibility index (Phi) is 4.68. The highest BCUT2D eigenvalue weighted by atomic mass is 19.3. The fourth-order valence-electron chi connectivity index (χ4n) is 1.14. The molecule has 0 aliphatic heterocycles. The summed E-state index contributed by atoms with van der Waals surface area (Å²) in [6.45, 7) is 3.74. The van der Waals surface area contributed by atoms with E-state index in [0.29, 0.717) is 11.7 Å². The zero-order valence-electron chi connectivity index (χ0n) is 8.99. The number of nitrogens with zero attached hydrogens (tertiary/aromatic N) is 2. The van der Waals surface area contributed by atoms with Crippen molar-refractivity contribution < 1.29 is 13.5 Å². The SMILES string of the molecule is CC[C@@H](C)n1ccc(COCC(F)F)n1. The van der Waals surface area contributed by atoms with Gasteiger partial charge in [-0.2, -0.15) is 5.10 Å². The summed E-state index contributed by atoms with van der Waals surface area (Å²) in [4.78, 5) is 0. The number of hydrogen-bond acceptors (Lipinski definition) is 2. The number of hydrogen-bond donors (Lipinski definition) is 0. The molecule has 0 bridgehead atoms. The zero-order chi connectivity index (χ0) is 11.3. The van der Waals surface area contributed by atoms with Gasteiger partial charge < -0.3 is 4.74 Å². The Morgan fingerprint density at radius 2 is 2.27 bits per heavy atom. The Balaban J connectivity index is 2.39. The van der Waals surface area contributed by atoms with E-state index in [0.717, 1.165) is 6.42 Å². The van der Waals surface area contributed by atoms with Crippen LogP contribution in [0.4, 0.5) is 8.78 Å². The molecule has 0 aliphatic carbocycles. The number of ether oxygens (including phenoxy) is 1. The lowest BCUT2D eigenvalue weighted by Gasteiger charge is -2.08. The Labute approximate surface area is 88.0 Å². The van der Waals surface area contributed by atoms with Crippen molar-refractivity contribution in [2.24, 2.45) is 0 Å². The van der Waals surface area contributed by atoms with Gasteiger partial charge in [0.05, 0.1) is 12.3 Å². The van der Waals surface area contributed by atoms with E-state index in [9.17, 15) is 8.78 Å². The second-order valence-electron chi connectivity index (χ2n) is 3.45. The molecule has 3 nitrogen and oxygen atoms in total. The molecule has 15 heavy (non-hydrogen) atoms. The maximum Gasteiger partial charge on any atom is 0.261 e. The van der Waals surface area contributed by atoms with Crippen LogP contribution in [0.1, 0.15) is 32.0 Å². The van der Waals surface area contributed by atoms with Gasteiger partial charge in [-0.25, -0.2) is 8.78 Å². The van der Waals surface area contributed by atoms with Crippen LogP contribution in [0.2, 0.25) is 0 Å². The molecule has 1 atom stereocenters. The lowest BCUT2D eigenvalue weighted by molar-refractivity contribution is 0.00864. The molecule has 1 rings (SSSR count). The molecule has 1 aromatic rings. The van der Waals surface area contributed by atoms with Gasteiger partial charge in [-0.3, -0.25) is 4.68 Å². The van der Waals surface area contributed by atoms with Crippen LogP contribution in [-0.2, 0) is 11.3 Å². The van der Waals surface area contributed by atoms with Crippen LogP contribution in [0.15, 0.2) is 12.3 Å². The molecule has 0 saturated carbocycles. The minimum atomic E-state index is -2.42. The fourth-order valence-corrected chi connectivity index (χ4v) is 1.14. The van der Waals surface area contributed by atoms with Gasteiger partial charge in [0.25, 0.3) is 6.43 Å². The quantitative estimate of drug-likeness (QED) is 0.734. The van der Waals surface area contributed by atoms with Crippen LogP contribution in [0, 0.1) is 0 Å². The molecule has 0 amide bonds. The first kappa shape index (κ1) is 12.1. The summed E-state index contributed by atoms with van der Waals surface area (Å²) in [5.74, 6) is 0. The van der Waals surface area contributed by atoms with Crippen molar-refractivity contribution >= 4 is 0 Å². The summed E-state index contributed by atoms with van der Waals surface area (Å²) < 4.78 is 30.2. The summed E-state index contributed by atoms with van der Waals surface area (Å²) in [7, 11) is 0. The second kappa shape index (κ2) is 5.80. The summed E-state index contributed by atoms with van der Waals surface area (Å²) in [6.07, 6.45) is 0.412. The van der Waals surface area contributed by atoms with Crippen molar-refractivity contribution in [1.29, 1.82) is 0 Å². The highest BCUT2D eigenvalue weighted by molar-refractivity contribution is 4.97. The molecule has 0 N–H and O–H groups in total. The largest absolute Gasteiger partial charge is 0.369 e. The molecule has 0 spiro atoms. The van der Waals surface area contributed by atoms with Gasteiger partial charge in [0.1, 0.15) is 6.61 Å². The normalized spacial score (nSPS) is 13.4. The third kappa shape index (κ3) is 3.95. The van der Waals surface area contributed by atoms with E-state index in [-0.39, 0.29) is 6.61 Å². The van der Waals surface area contributed by atoms with E-state index >= 15 is 0 Å². The Bertz CT molecular complexity index is 289. The predicted molar refractivity (Wildman–Crippen MR) is 52.9 cm³/mol. The van der Waals surface area contributed by atoms with Crippen LogP contribution >= 0.6 is 0 Å². The summed E-state index contributed by atoms with van der Waals surface area (Å²) in [5.41, 5.74) is 0.691. The Morgan fingerprint density at radius 1 is 1.53 bits per heavy atom. The maximum atomic E-state index is 11.8. The molecule has 0 aliphatic rings. The highest BCUT2D eigenvalue weighted by Gasteiger charge is 2.06. The van der Waals surface area contributed by atoms with E-state index in [1.807, 2.05) is 10.9 Å². The number of aromatic nitrogens is 2. The van der Waals surface area contributed by atoms with Crippen LogP contribution in [0.5, 0.6) is 0 Å². The minimum absolute atomic E-state index is 0.147. The van der Waals surface area contributed by atoms with Gasteiger partial charge in [0.2, 0.25) is 0 Å². The third-order valence-corrected chi connectivity index (χ3v) is 2.20. The van der Waals surface area contributed by atoms with E-state index in [1.54, 1.807) is 6.07 Å². The summed E-state index contributed by atoms with van der Waals surface area (Å²) in [6, 6.07) is 2.12. The van der Waals surface area contributed by atoms with Crippen LogP contribution in [0.3, 0.4) is 0 Å². The molecular weight excluding hydrogens is 202 g/mol. The first-order valence-electron chi connectivity index (χ1n) is 5.03.